The molecule has 0 radical (unpaired) electrons. The van der Waals surface area contributed by atoms with Crippen molar-refractivity contribution in [1.29, 1.82) is 0 Å². The molecule has 1 saturated heterocycles. The van der Waals surface area contributed by atoms with Crippen LogP contribution in [-0.2, 0) is 4.79 Å². The Morgan fingerprint density at radius 3 is 3.25 bits per heavy atom. The van der Waals surface area contributed by atoms with Gasteiger partial charge >= 0.3 is 0 Å². The van der Waals surface area contributed by atoms with Gasteiger partial charge in [0.2, 0.25) is 5.91 Å². The number of hydrogen-bond acceptors (Lipinski definition) is 4. The summed E-state index contributed by atoms with van der Waals surface area (Å²) in [6.07, 6.45) is 4.33. The minimum atomic E-state index is -0.362. The molecule has 0 aromatic carbocycles. The van der Waals surface area contributed by atoms with E-state index in [0.29, 0.717) is 12.0 Å². The normalized spacial score (nSPS) is 21.5. The molecule has 2 heterocycles. The van der Waals surface area contributed by atoms with Gasteiger partial charge in [-0.1, -0.05) is 6.08 Å². The Balaban J connectivity index is 2.20. The third-order valence-corrected chi connectivity index (χ3v) is 1.94. The number of amides is 1. The van der Waals surface area contributed by atoms with E-state index in [1.54, 1.807) is 11.2 Å². The van der Waals surface area contributed by atoms with Crippen LogP contribution in [0.15, 0.2) is 23.5 Å². The molecule has 0 bridgehead atoms. The van der Waals surface area contributed by atoms with E-state index in [9.17, 15) is 4.79 Å². The summed E-state index contributed by atoms with van der Waals surface area (Å²) < 4.78 is 0. The maximum atomic E-state index is 10.8. The van der Waals surface area contributed by atoms with Crippen molar-refractivity contribution in [3.63, 3.8) is 0 Å². The summed E-state index contributed by atoms with van der Waals surface area (Å²) in [5.74, 6) is -0.362. The molecule has 0 atom stereocenters. The van der Waals surface area contributed by atoms with E-state index < -0.39 is 0 Å². The van der Waals surface area contributed by atoms with E-state index in [4.69, 9.17) is 5.73 Å². The van der Waals surface area contributed by atoms with Crippen LogP contribution >= 0.6 is 0 Å². The topological polar surface area (TPSA) is 70.4 Å². The molecule has 64 valence electrons. The van der Waals surface area contributed by atoms with E-state index >= 15 is 0 Å². The molecule has 0 spiro atoms. The summed E-state index contributed by atoms with van der Waals surface area (Å²) in [5, 5.41) is 1.77. The van der Waals surface area contributed by atoms with Crippen molar-refractivity contribution in [3.8, 4) is 0 Å². The highest BCUT2D eigenvalue weighted by molar-refractivity contribution is 5.92. The molecule has 1 amide bonds. The van der Waals surface area contributed by atoms with Crippen molar-refractivity contribution in [3.05, 3.63) is 23.5 Å². The number of allylic oxidation sites excluding steroid dienone is 1. The number of hydrogen-bond donors (Lipinski definition) is 3. The molecule has 0 unspecified atom stereocenters. The number of nitrogens with two attached hydrogens (primary N) is 1. The molecule has 12 heavy (non-hydrogen) atoms. The number of carbonyl (C=O) groups excluding carboxylic acids is 1. The molecule has 0 aliphatic carbocycles. The molecule has 0 aromatic rings. The van der Waals surface area contributed by atoms with Gasteiger partial charge in [0.25, 0.3) is 0 Å². The van der Waals surface area contributed by atoms with Gasteiger partial charge in [-0.05, 0) is 6.42 Å². The zero-order valence-corrected chi connectivity index (χ0v) is 6.50. The highest BCUT2D eigenvalue weighted by Crippen LogP contribution is 2.17. The first-order valence-corrected chi connectivity index (χ1v) is 3.74. The molecule has 0 aromatic heterocycles. The van der Waals surface area contributed by atoms with Gasteiger partial charge in [0.15, 0.2) is 0 Å². The minimum Gasteiger partial charge on any atom is -0.366 e. The minimum absolute atomic E-state index is 0.362. The first-order valence-electron chi connectivity index (χ1n) is 3.74. The number of hydrazine groups is 2. The van der Waals surface area contributed by atoms with Crippen LogP contribution < -0.4 is 16.7 Å². The molecule has 0 saturated carbocycles. The quantitative estimate of drug-likeness (QED) is 0.465. The van der Waals surface area contributed by atoms with E-state index in [-0.39, 0.29) is 5.91 Å². The third-order valence-electron chi connectivity index (χ3n) is 1.94. The van der Waals surface area contributed by atoms with Crippen molar-refractivity contribution >= 4 is 5.91 Å². The SMILES string of the molecule is NC(=O)C1=CN2NNCC2=CC1. The maximum Gasteiger partial charge on any atom is 0.246 e. The Bertz CT molecular complexity index is 281. The Kier molecular flexibility index (Phi) is 1.60. The number of primary amides is 1. The lowest BCUT2D eigenvalue weighted by Crippen LogP contribution is -2.33. The number of carbonyl (C=O) groups is 1. The molecule has 2 aliphatic heterocycles. The second kappa shape index (κ2) is 2.62. The zero-order chi connectivity index (χ0) is 8.55. The monoisotopic (exact) mass is 166 g/mol. The lowest BCUT2D eigenvalue weighted by atomic mass is 10.1. The number of nitrogens with one attached hydrogen (secondary N) is 2. The van der Waals surface area contributed by atoms with E-state index in [2.05, 4.69) is 11.0 Å². The number of fused-ring (bicyclic) bond motifs is 1. The Hall–Kier alpha value is -1.33. The summed E-state index contributed by atoms with van der Waals surface area (Å²) in [6.45, 7) is 0.780. The van der Waals surface area contributed by atoms with Crippen LogP contribution in [-0.4, -0.2) is 17.5 Å². The molecule has 5 heteroatoms. The third kappa shape index (κ3) is 1.09. The predicted molar refractivity (Wildman–Crippen MR) is 43.0 cm³/mol. The average Bonchev–Trinajstić information content (AvgIpc) is 2.49. The van der Waals surface area contributed by atoms with Crippen molar-refractivity contribution in [1.82, 2.24) is 16.0 Å². The molecular formula is C7H10N4O. The first-order chi connectivity index (χ1) is 5.77. The lowest BCUT2D eigenvalue weighted by Gasteiger charge is -2.18. The summed E-state index contributed by atoms with van der Waals surface area (Å²) >= 11 is 0. The van der Waals surface area contributed by atoms with Crippen molar-refractivity contribution in [2.24, 2.45) is 5.73 Å². The summed E-state index contributed by atoms with van der Waals surface area (Å²) in [7, 11) is 0. The second-order valence-corrected chi connectivity index (χ2v) is 2.75. The number of nitrogens with zero attached hydrogens (tertiary/aromatic N) is 1. The van der Waals surface area contributed by atoms with Gasteiger partial charge < -0.3 is 5.73 Å². The van der Waals surface area contributed by atoms with Crippen LogP contribution in [0.25, 0.3) is 0 Å². The Morgan fingerprint density at radius 2 is 2.50 bits per heavy atom. The maximum absolute atomic E-state index is 10.8. The van der Waals surface area contributed by atoms with E-state index in [1.165, 1.54) is 0 Å². The number of rotatable bonds is 1. The van der Waals surface area contributed by atoms with Crippen LogP contribution in [0.5, 0.6) is 0 Å². The predicted octanol–water partition coefficient (Wildman–Crippen LogP) is -1.03. The Morgan fingerprint density at radius 1 is 1.67 bits per heavy atom. The van der Waals surface area contributed by atoms with Gasteiger partial charge in [-0.2, -0.15) is 5.53 Å². The molecule has 2 rings (SSSR count). The largest absolute Gasteiger partial charge is 0.366 e. The van der Waals surface area contributed by atoms with E-state index in [1.807, 2.05) is 6.08 Å². The van der Waals surface area contributed by atoms with Crippen molar-refractivity contribution in [2.75, 3.05) is 6.54 Å². The smallest absolute Gasteiger partial charge is 0.246 e. The van der Waals surface area contributed by atoms with Crippen molar-refractivity contribution in [2.45, 2.75) is 6.42 Å². The van der Waals surface area contributed by atoms with Crippen LogP contribution in [0.2, 0.25) is 0 Å². The lowest BCUT2D eigenvalue weighted by molar-refractivity contribution is -0.114. The average molecular weight is 166 g/mol. The molecule has 2 aliphatic rings. The van der Waals surface area contributed by atoms with Crippen molar-refractivity contribution < 1.29 is 4.79 Å². The van der Waals surface area contributed by atoms with Gasteiger partial charge in [-0.25, -0.2) is 5.43 Å². The van der Waals surface area contributed by atoms with Gasteiger partial charge in [0.05, 0.1) is 6.54 Å². The molecule has 5 nitrogen and oxygen atoms in total. The molecule has 4 N–H and O–H groups in total. The molecular weight excluding hydrogens is 156 g/mol. The van der Waals surface area contributed by atoms with E-state index in [0.717, 1.165) is 12.2 Å². The van der Waals surface area contributed by atoms with Gasteiger partial charge in [-0.15, -0.1) is 0 Å². The van der Waals surface area contributed by atoms with Crippen LogP contribution in [0.4, 0.5) is 0 Å². The van der Waals surface area contributed by atoms with Crippen LogP contribution in [0.1, 0.15) is 6.42 Å². The van der Waals surface area contributed by atoms with Crippen LogP contribution in [0.3, 0.4) is 0 Å². The Labute approximate surface area is 69.8 Å². The fourth-order valence-corrected chi connectivity index (χ4v) is 1.26. The fourth-order valence-electron chi connectivity index (χ4n) is 1.26. The highest BCUT2D eigenvalue weighted by Gasteiger charge is 2.19. The van der Waals surface area contributed by atoms with Gasteiger partial charge in [-0.3, -0.25) is 9.80 Å². The molecule has 1 fully saturated rings. The zero-order valence-electron chi connectivity index (χ0n) is 6.50. The summed E-state index contributed by atoms with van der Waals surface area (Å²) in [4.78, 5) is 10.8. The van der Waals surface area contributed by atoms with Crippen LogP contribution in [0, 0.1) is 0 Å². The highest BCUT2D eigenvalue weighted by atomic mass is 16.1. The summed E-state index contributed by atoms with van der Waals surface area (Å²) in [6, 6.07) is 0. The fraction of sp³-hybridized carbons (Fsp3) is 0.286. The summed E-state index contributed by atoms with van der Waals surface area (Å²) in [5.41, 5.74) is 12.7. The second-order valence-electron chi connectivity index (χ2n) is 2.75. The van der Waals surface area contributed by atoms with Gasteiger partial charge in [0.1, 0.15) is 0 Å². The van der Waals surface area contributed by atoms with Gasteiger partial charge in [0, 0.05) is 17.5 Å². The standard InChI is InChI=1S/C7H10N4O/c8-7(12)5-1-2-6-3-9-10-11(6)4-5/h2,4,9-10H,1,3H2,(H2,8,12). The first kappa shape index (κ1) is 7.33.